The van der Waals surface area contributed by atoms with Crippen LogP contribution >= 0.6 is 0 Å². The van der Waals surface area contributed by atoms with E-state index in [1.54, 1.807) is 26.2 Å². The average molecular weight is 462 g/mol. The van der Waals surface area contributed by atoms with E-state index in [1.807, 2.05) is 36.4 Å². The summed E-state index contributed by atoms with van der Waals surface area (Å²) in [6, 6.07) is 16.4. The van der Waals surface area contributed by atoms with Crippen LogP contribution in [0.15, 0.2) is 54.6 Å². The molecule has 6 heteroatoms. The average Bonchev–Trinajstić information content (AvgIpc) is 3.69. The Morgan fingerprint density at radius 2 is 1.88 bits per heavy atom. The van der Waals surface area contributed by atoms with Crippen molar-refractivity contribution in [2.75, 3.05) is 7.11 Å². The number of halogens is 1. The van der Waals surface area contributed by atoms with Crippen LogP contribution < -0.4 is 9.47 Å². The highest BCUT2D eigenvalue weighted by Crippen LogP contribution is 2.47. The van der Waals surface area contributed by atoms with Crippen molar-refractivity contribution in [3.63, 3.8) is 0 Å². The van der Waals surface area contributed by atoms with Gasteiger partial charge in [0.2, 0.25) is 5.88 Å². The minimum atomic E-state index is -0.789. The smallest absolute Gasteiger partial charge is 0.306 e. The lowest BCUT2D eigenvalue weighted by Crippen LogP contribution is -2.23. The second-order valence-corrected chi connectivity index (χ2v) is 9.30. The van der Waals surface area contributed by atoms with Gasteiger partial charge in [-0.1, -0.05) is 37.3 Å². The molecule has 34 heavy (non-hydrogen) atoms. The van der Waals surface area contributed by atoms with Crippen LogP contribution in [0.1, 0.15) is 55.0 Å². The van der Waals surface area contributed by atoms with Gasteiger partial charge in [-0.25, -0.2) is 9.37 Å². The molecule has 0 saturated heterocycles. The van der Waals surface area contributed by atoms with E-state index in [-0.39, 0.29) is 17.8 Å². The lowest BCUT2D eigenvalue weighted by atomic mass is 9.86. The quantitative estimate of drug-likeness (QED) is 0.455. The number of carboxylic acids is 1. The summed E-state index contributed by atoms with van der Waals surface area (Å²) in [6.45, 7) is 1.77. The molecular formula is C28H28FNO4. The first-order valence-corrected chi connectivity index (χ1v) is 11.8. The second kappa shape index (κ2) is 9.09. The maximum absolute atomic E-state index is 14.4. The Morgan fingerprint density at radius 3 is 2.56 bits per heavy atom. The van der Waals surface area contributed by atoms with E-state index < -0.39 is 11.9 Å². The molecule has 0 amide bonds. The number of pyridine rings is 1. The fourth-order valence-electron chi connectivity index (χ4n) is 4.92. The molecule has 2 aromatic carbocycles. The van der Waals surface area contributed by atoms with E-state index in [0.717, 1.165) is 48.1 Å². The van der Waals surface area contributed by atoms with Crippen molar-refractivity contribution >= 4 is 5.97 Å². The summed E-state index contributed by atoms with van der Waals surface area (Å²) < 4.78 is 25.9. The molecule has 3 aromatic rings. The Balaban J connectivity index is 1.37. The molecule has 2 aliphatic rings. The van der Waals surface area contributed by atoms with E-state index in [9.17, 15) is 14.3 Å². The van der Waals surface area contributed by atoms with Gasteiger partial charge < -0.3 is 14.6 Å². The molecule has 1 fully saturated rings. The number of nitrogens with zero attached hydrogens (tertiary/aromatic N) is 1. The Labute approximate surface area is 198 Å². The molecule has 5 nitrogen and oxygen atoms in total. The summed E-state index contributed by atoms with van der Waals surface area (Å²) in [7, 11) is 1.56. The number of hydrogen-bond donors (Lipinski definition) is 1. The van der Waals surface area contributed by atoms with Gasteiger partial charge >= 0.3 is 5.97 Å². The minimum absolute atomic E-state index is 0.0937. The molecule has 0 spiro atoms. The topological polar surface area (TPSA) is 68.7 Å². The molecule has 2 unspecified atom stereocenters. The van der Waals surface area contributed by atoms with Gasteiger partial charge in [-0.15, -0.1) is 0 Å². The van der Waals surface area contributed by atoms with Crippen LogP contribution in [-0.4, -0.2) is 23.2 Å². The normalized spacial score (nSPS) is 19.0. The van der Waals surface area contributed by atoms with Crippen LogP contribution in [0, 0.1) is 17.7 Å². The number of aliphatic carboxylic acids is 1. The van der Waals surface area contributed by atoms with E-state index in [4.69, 9.17) is 14.5 Å². The number of ether oxygens (including phenoxy) is 2. The van der Waals surface area contributed by atoms with E-state index in [0.29, 0.717) is 23.1 Å². The van der Waals surface area contributed by atoms with Crippen molar-refractivity contribution in [1.29, 1.82) is 0 Å². The third kappa shape index (κ3) is 4.37. The fraction of sp³-hybridized carbons (Fsp3) is 0.357. The number of carbonyl (C=O) groups is 1. The molecule has 3 atom stereocenters. The van der Waals surface area contributed by atoms with Crippen LogP contribution in [0.5, 0.6) is 11.6 Å². The standard InChI is InChI=1S/C28H28FNO4/c1-16(28(31)32)26(19-7-8-19)24-13-9-20-10-14-25(34-27(20)30-24)18-5-3-17(4-6-18)22-15-21(33-2)11-12-23(22)29/h3-6,9,11-13,15-16,19,25-26H,7-8,10,14H2,1-2H3,(H,31,32)/t16-,25?,26?/m0/s1. The molecule has 2 heterocycles. The molecule has 1 aliphatic heterocycles. The lowest BCUT2D eigenvalue weighted by molar-refractivity contribution is -0.142. The predicted octanol–water partition coefficient (Wildman–Crippen LogP) is 6.18. The number of aromatic nitrogens is 1. The minimum Gasteiger partial charge on any atom is -0.497 e. The SMILES string of the molecule is COc1ccc(F)c(-c2ccc(C3CCc4ccc(C(C5CC5)[C@H](C)C(=O)O)nc4O3)cc2)c1. The molecule has 0 radical (unpaired) electrons. The van der Waals surface area contributed by atoms with Gasteiger partial charge in [-0.2, -0.15) is 0 Å². The summed E-state index contributed by atoms with van der Waals surface area (Å²) in [5.41, 5.74) is 4.12. The summed E-state index contributed by atoms with van der Waals surface area (Å²) in [4.78, 5) is 16.5. The number of aryl methyl sites for hydroxylation is 1. The summed E-state index contributed by atoms with van der Waals surface area (Å²) >= 11 is 0. The monoisotopic (exact) mass is 461 g/mol. The molecule has 1 N–H and O–H groups in total. The lowest BCUT2D eigenvalue weighted by Gasteiger charge is -2.27. The number of methoxy groups -OCH3 is 1. The number of carboxylic acid groups (broad SMARTS) is 1. The highest BCUT2D eigenvalue weighted by Gasteiger charge is 2.40. The zero-order valence-corrected chi connectivity index (χ0v) is 19.3. The van der Waals surface area contributed by atoms with Crippen molar-refractivity contribution in [3.05, 3.63) is 77.2 Å². The molecule has 176 valence electrons. The van der Waals surface area contributed by atoms with Gasteiger partial charge in [0.05, 0.1) is 13.0 Å². The Kier molecular flexibility index (Phi) is 5.98. The third-order valence-corrected chi connectivity index (χ3v) is 7.06. The third-order valence-electron chi connectivity index (χ3n) is 7.06. The van der Waals surface area contributed by atoms with Crippen molar-refractivity contribution in [3.8, 4) is 22.8 Å². The van der Waals surface area contributed by atoms with Gasteiger partial charge in [0.1, 0.15) is 17.7 Å². The zero-order valence-electron chi connectivity index (χ0n) is 19.3. The largest absolute Gasteiger partial charge is 0.497 e. The molecule has 0 bridgehead atoms. The maximum Gasteiger partial charge on any atom is 0.306 e. The molecule has 5 rings (SSSR count). The van der Waals surface area contributed by atoms with Crippen molar-refractivity contribution in [2.45, 2.75) is 44.6 Å². The van der Waals surface area contributed by atoms with Gasteiger partial charge in [0, 0.05) is 22.7 Å². The summed E-state index contributed by atoms with van der Waals surface area (Å²) in [5.74, 6) is -0.0840. The Morgan fingerprint density at radius 1 is 1.12 bits per heavy atom. The number of benzene rings is 2. The van der Waals surface area contributed by atoms with E-state index >= 15 is 0 Å². The fourth-order valence-corrected chi connectivity index (χ4v) is 4.92. The predicted molar refractivity (Wildman–Crippen MR) is 127 cm³/mol. The van der Waals surface area contributed by atoms with Gasteiger partial charge in [0.15, 0.2) is 0 Å². The zero-order chi connectivity index (χ0) is 23.8. The Hall–Kier alpha value is -3.41. The summed E-state index contributed by atoms with van der Waals surface area (Å²) in [6.07, 6.45) is 3.59. The highest BCUT2D eigenvalue weighted by molar-refractivity contribution is 5.71. The van der Waals surface area contributed by atoms with Crippen LogP contribution in [0.25, 0.3) is 11.1 Å². The van der Waals surface area contributed by atoms with Crippen LogP contribution in [-0.2, 0) is 11.2 Å². The van der Waals surface area contributed by atoms with E-state index in [2.05, 4.69) is 0 Å². The van der Waals surface area contributed by atoms with Crippen molar-refractivity contribution in [1.82, 2.24) is 4.98 Å². The second-order valence-electron chi connectivity index (χ2n) is 9.30. The Bertz CT molecular complexity index is 1210. The number of fused-ring (bicyclic) bond motifs is 1. The van der Waals surface area contributed by atoms with E-state index in [1.165, 1.54) is 6.07 Å². The molecule has 1 aromatic heterocycles. The van der Waals surface area contributed by atoms with Crippen LogP contribution in [0.2, 0.25) is 0 Å². The molecular weight excluding hydrogens is 433 g/mol. The van der Waals surface area contributed by atoms with Gasteiger partial charge in [0.25, 0.3) is 0 Å². The number of rotatable bonds is 7. The first-order valence-electron chi connectivity index (χ1n) is 11.8. The molecule has 1 saturated carbocycles. The van der Waals surface area contributed by atoms with Crippen LogP contribution in [0.4, 0.5) is 4.39 Å². The van der Waals surface area contributed by atoms with Crippen LogP contribution in [0.3, 0.4) is 0 Å². The number of hydrogen-bond acceptors (Lipinski definition) is 4. The van der Waals surface area contributed by atoms with Crippen molar-refractivity contribution in [2.24, 2.45) is 11.8 Å². The maximum atomic E-state index is 14.4. The van der Waals surface area contributed by atoms with Gasteiger partial charge in [-0.3, -0.25) is 4.79 Å². The first-order chi connectivity index (χ1) is 16.4. The molecule has 1 aliphatic carbocycles. The first kappa shape index (κ1) is 22.4. The highest BCUT2D eigenvalue weighted by atomic mass is 19.1. The summed E-state index contributed by atoms with van der Waals surface area (Å²) in [5, 5.41) is 9.58. The van der Waals surface area contributed by atoms with Gasteiger partial charge in [-0.05, 0) is 67.0 Å². The van der Waals surface area contributed by atoms with Crippen molar-refractivity contribution < 1.29 is 23.8 Å².